The van der Waals surface area contributed by atoms with Crippen LogP contribution in [0, 0.1) is 0 Å². The third kappa shape index (κ3) is 3.66. The summed E-state index contributed by atoms with van der Waals surface area (Å²) >= 11 is 10.8. The van der Waals surface area contributed by atoms with Gasteiger partial charge in [-0.3, -0.25) is 0 Å². The first-order valence-electron chi connectivity index (χ1n) is 3.70. The molecule has 0 aliphatic heterocycles. The summed E-state index contributed by atoms with van der Waals surface area (Å²) in [6.07, 6.45) is 0. The molecule has 0 aliphatic rings. The Morgan fingerprint density at radius 2 is 1.92 bits per heavy atom. The molecule has 0 fully saturated rings. The van der Waals surface area contributed by atoms with Crippen LogP contribution in [-0.2, 0) is 4.74 Å². The van der Waals surface area contributed by atoms with Gasteiger partial charge in [-0.2, -0.15) is 0 Å². The van der Waals surface area contributed by atoms with Gasteiger partial charge >= 0.3 is 5.97 Å². The van der Waals surface area contributed by atoms with Gasteiger partial charge in [-0.1, -0.05) is 18.2 Å². The van der Waals surface area contributed by atoms with E-state index in [9.17, 15) is 4.79 Å². The number of alkyl halides is 2. The van der Waals surface area contributed by atoms with Gasteiger partial charge in [0.2, 0.25) is 0 Å². The normalized spacial score (nSPS) is 10.1. The second-order valence-electron chi connectivity index (χ2n) is 2.36. The SMILES string of the molecule is O=C(OCC(Cl)Cl)c1ccccc1. The maximum atomic E-state index is 11.2. The largest absolute Gasteiger partial charge is 0.459 e. The van der Waals surface area contributed by atoms with E-state index in [1.165, 1.54) is 0 Å². The van der Waals surface area contributed by atoms with Crippen molar-refractivity contribution in [3.63, 3.8) is 0 Å². The van der Waals surface area contributed by atoms with Gasteiger partial charge in [0.15, 0.2) is 0 Å². The van der Waals surface area contributed by atoms with Crippen LogP contribution in [0.3, 0.4) is 0 Å². The highest BCUT2D eigenvalue weighted by atomic mass is 35.5. The number of halogens is 2. The van der Waals surface area contributed by atoms with E-state index in [1.807, 2.05) is 6.07 Å². The molecule has 1 aromatic rings. The van der Waals surface area contributed by atoms with Crippen molar-refractivity contribution in [2.75, 3.05) is 6.61 Å². The second kappa shape index (κ2) is 5.10. The molecule has 70 valence electrons. The van der Waals surface area contributed by atoms with Gasteiger partial charge in [0.05, 0.1) is 5.56 Å². The first-order chi connectivity index (χ1) is 6.20. The Morgan fingerprint density at radius 3 is 2.46 bits per heavy atom. The summed E-state index contributed by atoms with van der Waals surface area (Å²) in [4.78, 5) is 10.5. The highest BCUT2D eigenvalue weighted by Gasteiger charge is 2.07. The van der Waals surface area contributed by atoms with Gasteiger partial charge in [-0.05, 0) is 12.1 Å². The molecule has 0 N–H and O–H groups in total. The van der Waals surface area contributed by atoms with Crippen LogP contribution >= 0.6 is 23.2 Å². The second-order valence-corrected chi connectivity index (χ2v) is 3.63. The summed E-state index contributed by atoms with van der Waals surface area (Å²) in [6, 6.07) is 8.67. The van der Waals surface area contributed by atoms with E-state index in [0.29, 0.717) is 5.56 Å². The number of carbonyl (C=O) groups excluding carboxylic acids is 1. The summed E-state index contributed by atoms with van der Waals surface area (Å²) in [5, 5.41) is 0. The van der Waals surface area contributed by atoms with E-state index in [4.69, 9.17) is 27.9 Å². The first kappa shape index (κ1) is 10.4. The Balaban J connectivity index is 2.50. The highest BCUT2D eigenvalue weighted by molar-refractivity contribution is 6.44. The van der Waals surface area contributed by atoms with Crippen molar-refractivity contribution in [3.8, 4) is 0 Å². The summed E-state index contributed by atoms with van der Waals surface area (Å²) in [6.45, 7) is 0.0108. The number of esters is 1. The number of hydrogen-bond donors (Lipinski definition) is 0. The fourth-order valence-electron chi connectivity index (χ4n) is 0.796. The van der Waals surface area contributed by atoms with Gasteiger partial charge in [-0.25, -0.2) is 4.79 Å². The molecular formula is C9H8Cl2O2. The van der Waals surface area contributed by atoms with Crippen molar-refractivity contribution in [3.05, 3.63) is 35.9 Å². The molecule has 0 aliphatic carbocycles. The van der Waals surface area contributed by atoms with Crippen molar-refractivity contribution in [2.45, 2.75) is 4.84 Å². The third-order valence-corrected chi connectivity index (χ3v) is 1.60. The molecule has 0 unspecified atom stereocenters. The van der Waals surface area contributed by atoms with E-state index in [0.717, 1.165) is 0 Å². The number of ether oxygens (including phenoxy) is 1. The fourth-order valence-corrected chi connectivity index (χ4v) is 0.922. The topological polar surface area (TPSA) is 26.3 Å². The average Bonchev–Trinajstić information content (AvgIpc) is 2.15. The highest BCUT2D eigenvalue weighted by Crippen LogP contribution is 2.05. The van der Waals surface area contributed by atoms with Crippen molar-refractivity contribution in [1.82, 2.24) is 0 Å². The lowest BCUT2D eigenvalue weighted by molar-refractivity contribution is 0.0521. The predicted molar refractivity (Wildman–Crippen MR) is 52.2 cm³/mol. The fraction of sp³-hybridized carbons (Fsp3) is 0.222. The van der Waals surface area contributed by atoms with Crippen LogP contribution in [0.4, 0.5) is 0 Å². The summed E-state index contributed by atoms with van der Waals surface area (Å²) in [5.41, 5.74) is 0.497. The van der Waals surface area contributed by atoms with E-state index < -0.39 is 10.8 Å². The van der Waals surface area contributed by atoms with E-state index in [1.54, 1.807) is 24.3 Å². The van der Waals surface area contributed by atoms with Crippen molar-refractivity contribution in [1.29, 1.82) is 0 Å². The van der Waals surface area contributed by atoms with Crippen LogP contribution in [0.5, 0.6) is 0 Å². The summed E-state index contributed by atoms with van der Waals surface area (Å²) in [7, 11) is 0. The molecule has 0 spiro atoms. The van der Waals surface area contributed by atoms with E-state index in [-0.39, 0.29) is 6.61 Å². The smallest absolute Gasteiger partial charge is 0.338 e. The monoisotopic (exact) mass is 218 g/mol. The molecule has 1 aromatic carbocycles. The Labute approximate surface area is 86.4 Å². The van der Waals surface area contributed by atoms with E-state index in [2.05, 4.69) is 0 Å². The van der Waals surface area contributed by atoms with Crippen LogP contribution in [-0.4, -0.2) is 17.4 Å². The number of hydrogen-bond acceptors (Lipinski definition) is 2. The van der Waals surface area contributed by atoms with Crippen LogP contribution in [0.1, 0.15) is 10.4 Å². The molecule has 0 amide bonds. The zero-order valence-electron chi connectivity index (χ0n) is 6.74. The average molecular weight is 219 g/mol. The first-order valence-corrected chi connectivity index (χ1v) is 4.58. The Bertz CT molecular complexity index is 272. The van der Waals surface area contributed by atoms with Crippen LogP contribution in [0.25, 0.3) is 0 Å². The zero-order valence-corrected chi connectivity index (χ0v) is 8.26. The van der Waals surface area contributed by atoms with Gasteiger partial charge in [-0.15, -0.1) is 23.2 Å². The van der Waals surface area contributed by atoms with Gasteiger partial charge in [0.1, 0.15) is 11.4 Å². The van der Waals surface area contributed by atoms with Crippen LogP contribution in [0.15, 0.2) is 30.3 Å². The molecular weight excluding hydrogens is 211 g/mol. The van der Waals surface area contributed by atoms with E-state index >= 15 is 0 Å². The van der Waals surface area contributed by atoms with Crippen molar-refractivity contribution < 1.29 is 9.53 Å². The molecule has 0 radical (unpaired) electrons. The quantitative estimate of drug-likeness (QED) is 0.577. The Kier molecular flexibility index (Phi) is 4.06. The predicted octanol–water partition coefficient (Wildman–Crippen LogP) is 2.65. The molecule has 0 atom stereocenters. The number of carbonyl (C=O) groups is 1. The van der Waals surface area contributed by atoms with Crippen molar-refractivity contribution >= 4 is 29.2 Å². The minimum atomic E-state index is -0.673. The van der Waals surface area contributed by atoms with Gasteiger partial charge in [0.25, 0.3) is 0 Å². The Hall–Kier alpha value is -0.730. The van der Waals surface area contributed by atoms with Gasteiger partial charge < -0.3 is 4.74 Å². The molecule has 0 aromatic heterocycles. The number of benzene rings is 1. The van der Waals surface area contributed by atoms with Crippen LogP contribution < -0.4 is 0 Å². The molecule has 2 nitrogen and oxygen atoms in total. The van der Waals surface area contributed by atoms with Crippen molar-refractivity contribution in [2.24, 2.45) is 0 Å². The molecule has 4 heteroatoms. The Morgan fingerprint density at radius 1 is 1.31 bits per heavy atom. The lowest BCUT2D eigenvalue weighted by Gasteiger charge is -2.03. The minimum Gasteiger partial charge on any atom is -0.459 e. The lowest BCUT2D eigenvalue weighted by atomic mass is 10.2. The zero-order chi connectivity index (χ0) is 9.68. The minimum absolute atomic E-state index is 0.0108. The van der Waals surface area contributed by atoms with Gasteiger partial charge in [0, 0.05) is 0 Å². The lowest BCUT2D eigenvalue weighted by Crippen LogP contribution is -2.10. The standard InChI is InChI=1S/C9H8Cl2O2/c10-8(11)6-13-9(12)7-4-2-1-3-5-7/h1-5,8H,6H2. The summed E-state index contributed by atoms with van der Waals surface area (Å²) < 4.78 is 4.79. The summed E-state index contributed by atoms with van der Waals surface area (Å²) in [5.74, 6) is -0.410. The maximum Gasteiger partial charge on any atom is 0.338 e. The molecule has 13 heavy (non-hydrogen) atoms. The molecule has 0 bridgehead atoms. The molecule has 0 saturated heterocycles. The third-order valence-electron chi connectivity index (χ3n) is 1.35. The number of rotatable bonds is 3. The molecule has 0 heterocycles. The van der Waals surface area contributed by atoms with Crippen LogP contribution in [0.2, 0.25) is 0 Å². The maximum absolute atomic E-state index is 11.2. The molecule has 1 rings (SSSR count). The molecule has 0 saturated carbocycles.